The fourth-order valence-electron chi connectivity index (χ4n) is 6.30. The number of benzene rings is 4. The zero-order valence-electron chi connectivity index (χ0n) is 20.5. The van der Waals surface area contributed by atoms with E-state index >= 15 is 0 Å². The van der Waals surface area contributed by atoms with Gasteiger partial charge in [0.05, 0.1) is 7.11 Å². The first-order chi connectivity index (χ1) is 18.0. The van der Waals surface area contributed by atoms with Gasteiger partial charge in [0.25, 0.3) is 0 Å². The zero-order chi connectivity index (χ0) is 25.6. The molecule has 0 amide bonds. The maximum absolute atomic E-state index is 14.3. The molecule has 4 heteroatoms. The van der Waals surface area contributed by atoms with Gasteiger partial charge in [-0.05, 0) is 34.4 Å². The van der Waals surface area contributed by atoms with Crippen molar-refractivity contribution in [2.75, 3.05) is 7.11 Å². The molecule has 4 nitrogen and oxygen atoms in total. The number of carbonyl (C=O) groups is 3. The molecule has 0 bridgehead atoms. The van der Waals surface area contributed by atoms with Gasteiger partial charge >= 0.3 is 0 Å². The average Bonchev–Trinajstić information content (AvgIpc) is 3.17. The van der Waals surface area contributed by atoms with Gasteiger partial charge in [-0.3, -0.25) is 14.4 Å². The maximum Gasteiger partial charge on any atom is 0.178 e. The third-order valence-electron chi connectivity index (χ3n) is 8.07. The summed E-state index contributed by atoms with van der Waals surface area (Å²) >= 11 is 0. The number of hydrogen-bond acceptors (Lipinski definition) is 4. The third kappa shape index (κ3) is 3.55. The zero-order valence-corrected chi connectivity index (χ0v) is 20.5. The highest BCUT2D eigenvalue weighted by atomic mass is 16.5. The number of rotatable bonds is 4. The minimum Gasteiger partial charge on any atom is -0.497 e. The molecule has 0 radical (unpaired) electrons. The lowest BCUT2D eigenvalue weighted by molar-refractivity contribution is -0.122. The Labute approximate surface area is 215 Å². The van der Waals surface area contributed by atoms with E-state index in [4.69, 9.17) is 4.74 Å². The smallest absolute Gasteiger partial charge is 0.178 e. The Morgan fingerprint density at radius 3 is 1.57 bits per heavy atom. The number of Topliss-reactive ketones (excluding diaryl/α,β-unsaturated/α-hetero) is 3. The van der Waals surface area contributed by atoms with Gasteiger partial charge in [0, 0.05) is 35.8 Å². The van der Waals surface area contributed by atoms with Crippen LogP contribution in [0.2, 0.25) is 0 Å². The Kier molecular flexibility index (Phi) is 5.60. The number of ketones is 3. The van der Waals surface area contributed by atoms with Gasteiger partial charge in [-0.1, -0.05) is 91.0 Å². The molecule has 1 saturated carbocycles. The van der Waals surface area contributed by atoms with Gasteiger partial charge in [-0.15, -0.1) is 0 Å². The quantitative estimate of drug-likeness (QED) is 0.303. The van der Waals surface area contributed by atoms with Crippen molar-refractivity contribution in [1.82, 2.24) is 0 Å². The van der Waals surface area contributed by atoms with Crippen molar-refractivity contribution in [2.24, 2.45) is 5.41 Å². The largest absolute Gasteiger partial charge is 0.497 e. The average molecular weight is 487 g/mol. The monoisotopic (exact) mass is 486 g/mol. The molecule has 37 heavy (non-hydrogen) atoms. The Morgan fingerprint density at radius 2 is 1.05 bits per heavy atom. The molecule has 0 saturated heterocycles. The van der Waals surface area contributed by atoms with Crippen molar-refractivity contribution in [3.8, 4) is 16.9 Å². The molecule has 0 heterocycles. The fourth-order valence-corrected chi connectivity index (χ4v) is 6.30. The Balaban J connectivity index is 1.49. The van der Waals surface area contributed by atoms with Gasteiger partial charge in [0.1, 0.15) is 16.9 Å². The summed E-state index contributed by atoms with van der Waals surface area (Å²) in [4.78, 5) is 41.7. The van der Waals surface area contributed by atoms with Gasteiger partial charge in [-0.25, -0.2) is 0 Å². The predicted octanol–water partition coefficient (Wildman–Crippen LogP) is 6.66. The van der Waals surface area contributed by atoms with Crippen LogP contribution in [-0.2, 0) is 4.79 Å². The summed E-state index contributed by atoms with van der Waals surface area (Å²) in [5.41, 5.74) is 3.30. The number of methoxy groups -OCH3 is 1. The second-order valence-corrected chi connectivity index (χ2v) is 9.89. The molecule has 4 aromatic rings. The molecule has 0 aliphatic heterocycles. The maximum atomic E-state index is 14.3. The molecule has 182 valence electrons. The molecule has 1 spiro atoms. The normalized spacial score (nSPS) is 20.2. The summed E-state index contributed by atoms with van der Waals surface area (Å²) in [6.45, 7) is 0. The third-order valence-corrected chi connectivity index (χ3v) is 8.07. The van der Waals surface area contributed by atoms with E-state index in [2.05, 4.69) is 0 Å². The topological polar surface area (TPSA) is 60.4 Å². The van der Waals surface area contributed by atoms with Crippen LogP contribution < -0.4 is 4.74 Å². The first-order valence-electron chi connectivity index (χ1n) is 12.5. The van der Waals surface area contributed by atoms with Crippen LogP contribution in [0.15, 0.2) is 103 Å². The first kappa shape index (κ1) is 23.1. The highest BCUT2D eigenvalue weighted by Crippen LogP contribution is 2.60. The summed E-state index contributed by atoms with van der Waals surface area (Å²) in [7, 11) is 1.64. The van der Waals surface area contributed by atoms with Crippen molar-refractivity contribution in [1.29, 1.82) is 0 Å². The summed E-state index contributed by atoms with van der Waals surface area (Å²) in [5.74, 6) is -0.546. The van der Waals surface area contributed by atoms with Crippen molar-refractivity contribution in [2.45, 2.75) is 24.7 Å². The highest BCUT2D eigenvalue weighted by molar-refractivity contribution is 6.31. The number of ether oxygens (including phenoxy) is 1. The standard InChI is InChI=1S/C33H26O4/c1-37-26-17-15-22(16-18-26)21-11-13-24(14-12-21)30-20-25(34)19-29(23-7-3-2-4-8-23)33(30)31(35)27-9-5-6-10-28(27)32(33)36/h2-18,29-30H,19-20H2,1H3/t29-,30+/m0/s1. The summed E-state index contributed by atoms with van der Waals surface area (Å²) in [5, 5.41) is 0. The number of fused-ring (bicyclic) bond motifs is 1. The van der Waals surface area contributed by atoms with E-state index in [1.165, 1.54) is 0 Å². The van der Waals surface area contributed by atoms with Crippen LogP contribution in [0.4, 0.5) is 0 Å². The van der Waals surface area contributed by atoms with E-state index in [1.54, 1.807) is 31.4 Å². The molecule has 0 N–H and O–H groups in total. The summed E-state index contributed by atoms with van der Waals surface area (Å²) in [6, 6.07) is 32.4. The minimum atomic E-state index is -1.35. The van der Waals surface area contributed by atoms with Crippen molar-refractivity contribution in [3.05, 3.63) is 125 Å². The molecule has 2 aliphatic rings. The van der Waals surface area contributed by atoms with Crippen LogP contribution in [0.25, 0.3) is 11.1 Å². The van der Waals surface area contributed by atoms with Crippen LogP contribution in [0.1, 0.15) is 56.5 Å². The lowest BCUT2D eigenvalue weighted by atomic mass is 9.54. The molecular formula is C33H26O4. The number of hydrogen-bond donors (Lipinski definition) is 0. The predicted molar refractivity (Wildman–Crippen MR) is 142 cm³/mol. The van der Waals surface area contributed by atoms with Gasteiger partial charge in [-0.2, -0.15) is 0 Å². The van der Waals surface area contributed by atoms with Crippen molar-refractivity contribution < 1.29 is 19.1 Å². The fraction of sp³-hybridized carbons (Fsp3) is 0.182. The van der Waals surface area contributed by atoms with E-state index in [-0.39, 0.29) is 30.2 Å². The highest BCUT2D eigenvalue weighted by Gasteiger charge is 2.64. The van der Waals surface area contributed by atoms with Crippen LogP contribution >= 0.6 is 0 Å². The second kappa shape index (κ2) is 8.97. The van der Waals surface area contributed by atoms with Crippen LogP contribution in [0, 0.1) is 5.41 Å². The van der Waals surface area contributed by atoms with Gasteiger partial charge < -0.3 is 4.74 Å². The lowest BCUT2D eigenvalue weighted by Crippen LogP contribution is -2.49. The Morgan fingerprint density at radius 1 is 0.595 bits per heavy atom. The molecule has 0 unspecified atom stereocenters. The van der Waals surface area contributed by atoms with Crippen LogP contribution in [0.5, 0.6) is 5.75 Å². The SMILES string of the molecule is COc1ccc(-c2ccc([C@H]3CC(=O)C[C@@H](c4ccccc4)C34C(=O)c3ccccc3C4=O)cc2)cc1. The molecule has 6 rings (SSSR count). The van der Waals surface area contributed by atoms with E-state index in [9.17, 15) is 14.4 Å². The Hall–Kier alpha value is -4.31. The summed E-state index contributed by atoms with van der Waals surface area (Å²) in [6.07, 6.45) is 0.340. The molecule has 1 fully saturated rings. The van der Waals surface area contributed by atoms with E-state index in [0.717, 1.165) is 28.0 Å². The van der Waals surface area contributed by atoms with Gasteiger partial charge in [0.2, 0.25) is 0 Å². The van der Waals surface area contributed by atoms with E-state index in [0.29, 0.717) is 11.1 Å². The molecule has 2 aliphatic carbocycles. The van der Waals surface area contributed by atoms with Crippen molar-refractivity contribution in [3.63, 3.8) is 0 Å². The first-order valence-corrected chi connectivity index (χ1v) is 12.5. The molecule has 2 atom stereocenters. The Bertz CT molecular complexity index is 1470. The second-order valence-electron chi connectivity index (χ2n) is 9.89. The van der Waals surface area contributed by atoms with Gasteiger partial charge in [0.15, 0.2) is 11.6 Å². The number of carbonyl (C=O) groups excluding carboxylic acids is 3. The van der Waals surface area contributed by atoms with Crippen LogP contribution in [0.3, 0.4) is 0 Å². The van der Waals surface area contributed by atoms with Crippen LogP contribution in [-0.4, -0.2) is 24.5 Å². The lowest BCUT2D eigenvalue weighted by Gasteiger charge is -2.44. The molecule has 4 aromatic carbocycles. The van der Waals surface area contributed by atoms with E-state index < -0.39 is 17.3 Å². The van der Waals surface area contributed by atoms with E-state index in [1.807, 2.05) is 78.9 Å². The molecular weight excluding hydrogens is 460 g/mol. The summed E-state index contributed by atoms with van der Waals surface area (Å²) < 4.78 is 5.26. The molecule has 0 aromatic heterocycles. The minimum absolute atomic E-state index is 0.0697. The van der Waals surface area contributed by atoms with Crippen molar-refractivity contribution >= 4 is 17.3 Å².